The number of rotatable bonds is 5. The first-order valence-electron chi connectivity index (χ1n) is 11.1. The van der Waals surface area contributed by atoms with Crippen LogP contribution >= 0.6 is 11.3 Å². The first-order chi connectivity index (χ1) is 15.6. The molecule has 0 atom stereocenters. The lowest BCUT2D eigenvalue weighted by Crippen LogP contribution is -2.37. The van der Waals surface area contributed by atoms with Crippen LogP contribution in [-0.2, 0) is 6.42 Å². The van der Waals surface area contributed by atoms with Crippen LogP contribution < -0.4 is 4.74 Å². The molecule has 3 heterocycles. The van der Waals surface area contributed by atoms with E-state index in [1.165, 1.54) is 27.8 Å². The molecule has 164 valence electrons. The third kappa shape index (κ3) is 4.02. The summed E-state index contributed by atoms with van der Waals surface area (Å²) in [4.78, 5) is 24.1. The fraction of sp³-hybridized carbons (Fsp3) is 0.308. The van der Waals surface area contributed by atoms with Crippen molar-refractivity contribution < 1.29 is 9.53 Å². The first kappa shape index (κ1) is 20.8. The van der Waals surface area contributed by atoms with E-state index in [1.54, 1.807) is 7.11 Å². The van der Waals surface area contributed by atoms with Gasteiger partial charge >= 0.3 is 0 Å². The normalized spacial score (nSPS) is 14.8. The molecule has 2 aromatic carbocycles. The molecule has 0 unspecified atom stereocenters. The predicted molar refractivity (Wildman–Crippen MR) is 129 cm³/mol. The molecule has 1 aliphatic heterocycles. The lowest BCUT2D eigenvalue weighted by Gasteiger charge is -2.31. The highest BCUT2D eigenvalue weighted by Crippen LogP contribution is 2.35. The summed E-state index contributed by atoms with van der Waals surface area (Å²) in [6.45, 7) is 3.49. The number of amides is 1. The van der Waals surface area contributed by atoms with Gasteiger partial charge in [-0.1, -0.05) is 30.3 Å². The number of likely N-dealkylation sites (tertiary alicyclic amines) is 1. The molecular weight excluding hydrogens is 418 g/mol. The number of aromatic amines is 1. The van der Waals surface area contributed by atoms with E-state index in [4.69, 9.17) is 4.74 Å². The highest BCUT2D eigenvalue weighted by molar-refractivity contribution is 7.13. The van der Waals surface area contributed by atoms with Gasteiger partial charge in [-0.2, -0.15) is 0 Å². The maximum atomic E-state index is 13.2. The van der Waals surface area contributed by atoms with Crippen LogP contribution in [0.2, 0.25) is 0 Å². The minimum absolute atomic E-state index is 0.123. The van der Waals surface area contributed by atoms with Crippen LogP contribution in [0.15, 0.2) is 54.7 Å². The molecule has 6 heteroatoms. The predicted octanol–water partition coefficient (Wildman–Crippen LogP) is 5.55. The molecule has 5 nitrogen and oxygen atoms in total. The van der Waals surface area contributed by atoms with Gasteiger partial charge in [-0.15, -0.1) is 11.3 Å². The van der Waals surface area contributed by atoms with Crippen molar-refractivity contribution in [2.24, 2.45) is 0 Å². The molecule has 0 spiro atoms. The van der Waals surface area contributed by atoms with Gasteiger partial charge in [0, 0.05) is 36.6 Å². The number of nitrogens with zero attached hydrogens (tertiary/aromatic N) is 2. The van der Waals surface area contributed by atoms with E-state index in [1.807, 2.05) is 36.1 Å². The van der Waals surface area contributed by atoms with Gasteiger partial charge in [0.1, 0.15) is 10.6 Å². The Kier molecular flexibility index (Phi) is 5.70. The summed E-state index contributed by atoms with van der Waals surface area (Å²) < 4.78 is 5.41. The van der Waals surface area contributed by atoms with Gasteiger partial charge in [0.25, 0.3) is 5.91 Å². The summed E-state index contributed by atoms with van der Waals surface area (Å²) >= 11 is 1.54. The van der Waals surface area contributed by atoms with E-state index in [-0.39, 0.29) is 5.91 Å². The Bertz CT molecular complexity index is 1240. The Hall–Kier alpha value is -3.12. The number of ether oxygens (including phenoxy) is 1. The molecule has 0 bridgehead atoms. The second kappa shape index (κ2) is 8.79. The first-order valence-corrected chi connectivity index (χ1v) is 11.9. The largest absolute Gasteiger partial charge is 0.497 e. The molecule has 5 rings (SSSR count). The molecule has 0 aliphatic carbocycles. The van der Waals surface area contributed by atoms with Crippen LogP contribution in [-0.4, -0.2) is 41.0 Å². The number of nitrogens with one attached hydrogen (secondary N) is 1. The van der Waals surface area contributed by atoms with Crippen LogP contribution in [0.4, 0.5) is 0 Å². The number of piperidine rings is 1. The van der Waals surface area contributed by atoms with Crippen molar-refractivity contribution in [1.82, 2.24) is 14.9 Å². The van der Waals surface area contributed by atoms with Crippen LogP contribution in [0, 0.1) is 6.92 Å². The zero-order chi connectivity index (χ0) is 22.1. The van der Waals surface area contributed by atoms with Crippen LogP contribution in [0.25, 0.3) is 10.9 Å². The van der Waals surface area contributed by atoms with Crippen molar-refractivity contribution >= 4 is 28.1 Å². The average Bonchev–Trinajstić information content (AvgIpc) is 3.42. The Morgan fingerprint density at radius 3 is 2.72 bits per heavy atom. The topological polar surface area (TPSA) is 58.2 Å². The monoisotopic (exact) mass is 445 g/mol. The number of thiazole rings is 1. The summed E-state index contributed by atoms with van der Waals surface area (Å²) in [5, 5.41) is 2.22. The van der Waals surface area contributed by atoms with E-state index in [9.17, 15) is 4.79 Å². The molecule has 2 aromatic heterocycles. The molecule has 0 radical (unpaired) electrons. The summed E-state index contributed by atoms with van der Waals surface area (Å²) in [6.07, 6.45) is 4.82. The molecule has 32 heavy (non-hydrogen) atoms. The van der Waals surface area contributed by atoms with Crippen LogP contribution in [0.5, 0.6) is 5.75 Å². The molecule has 1 amide bonds. The standard InChI is InChI=1S/C26H27N3O2S/c1-17-25(32-24(28-17)14-18-6-4-3-5-7-18)26(30)29-12-10-19(11-13-29)22-16-27-23-9-8-20(31-2)15-21(22)23/h3-9,15-16,19,27H,10-14H2,1-2H3. The molecule has 0 saturated carbocycles. The van der Waals surface area contributed by atoms with Gasteiger partial charge in [-0.25, -0.2) is 4.98 Å². The van der Waals surface area contributed by atoms with E-state index in [2.05, 4.69) is 40.4 Å². The van der Waals surface area contributed by atoms with Crippen molar-refractivity contribution in [3.05, 3.63) is 81.4 Å². The van der Waals surface area contributed by atoms with Crippen molar-refractivity contribution in [3.8, 4) is 5.75 Å². The van der Waals surface area contributed by atoms with Gasteiger partial charge in [0.15, 0.2) is 0 Å². The number of fused-ring (bicyclic) bond motifs is 1. The van der Waals surface area contributed by atoms with E-state index in [0.29, 0.717) is 5.92 Å². The van der Waals surface area contributed by atoms with E-state index in [0.717, 1.165) is 59.2 Å². The third-order valence-corrected chi connectivity index (χ3v) is 7.52. The molecule has 1 fully saturated rings. The lowest BCUT2D eigenvalue weighted by molar-refractivity contribution is 0.0717. The number of carbonyl (C=O) groups excluding carboxylic acids is 1. The Morgan fingerprint density at radius 1 is 1.19 bits per heavy atom. The fourth-order valence-corrected chi connectivity index (χ4v) is 5.69. The number of hydrogen-bond donors (Lipinski definition) is 1. The number of aromatic nitrogens is 2. The summed E-state index contributed by atoms with van der Waals surface area (Å²) in [6, 6.07) is 16.4. The SMILES string of the molecule is COc1ccc2[nH]cc(C3CCN(C(=O)c4sc(Cc5ccccc5)nc4C)CC3)c2c1. The number of benzene rings is 2. The fourth-order valence-electron chi connectivity index (χ4n) is 4.62. The molecule has 4 aromatic rings. The van der Waals surface area contributed by atoms with Crippen molar-refractivity contribution in [1.29, 1.82) is 0 Å². The summed E-state index contributed by atoms with van der Waals surface area (Å²) in [5.41, 5.74) is 4.52. The molecule has 1 saturated heterocycles. The average molecular weight is 446 g/mol. The summed E-state index contributed by atoms with van der Waals surface area (Å²) in [7, 11) is 1.70. The zero-order valence-corrected chi connectivity index (χ0v) is 19.2. The number of aryl methyl sites for hydroxylation is 1. The second-order valence-electron chi connectivity index (χ2n) is 8.41. The number of hydrogen-bond acceptors (Lipinski definition) is 4. The number of methoxy groups -OCH3 is 1. The highest BCUT2D eigenvalue weighted by Gasteiger charge is 2.28. The van der Waals surface area contributed by atoms with Crippen LogP contribution in [0.1, 0.15) is 50.3 Å². The van der Waals surface area contributed by atoms with E-state index < -0.39 is 0 Å². The smallest absolute Gasteiger partial charge is 0.265 e. The maximum absolute atomic E-state index is 13.2. The van der Waals surface area contributed by atoms with Crippen molar-refractivity contribution in [3.63, 3.8) is 0 Å². The minimum Gasteiger partial charge on any atom is -0.497 e. The van der Waals surface area contributed by atoms with Gasteiger partial charge < -0.3 is 14.6 Å². The molecular formula is C26H27N3O2S. The van der Waals surface area contributed by atoms with E-state index >= 15 is 0 Å². The van der Waals surface area contributed by atoms with Gasteiger partial charge in [0.05, 0.1) is 17.8 Å². The Morgan fingerprint density at radius 2 is 1.97 bits per heavy atom. The van der Waals surface area contributed by atoms with Crippen molar-refractivity contribution in [2.75, 3.05) is 20.2 Å². The van der Waals surface area contributed by atoms with Gasteiger partial charge in [-0.05, 0) is 55.0 Å². The lowest BCUT2D eigenvalue weighted by atomic mass is 9.89. The van der Waals surface area contributed by atoms with Crippen molar-refractivity contribution in [2.45, 2.75) is 32.1 Å². The molecule has 1 N–H and O–H groups in total. The summed E-state index contributed by atoms with van der Waals surface area (Å²) in [5.74, 6) is 1.44. The minimum atomic E-state index is 0.123. The number of carbonyl (C=O) groups is 1. The van der Waals surface area contributed by atoms with Crippen LogP contribution in [0.3, 0.4) is 0 Å². The van der Waals surface area contributed by atoms with Gasteiger partial charge in [-0.3, -0.25) is 4.79 Å². The Labute approximate surface area is 192 Å². The second-order valence-corrected chi connectivity index (χ2v) is 9.49. The van der Waals surface area contributed by atoms with Gasteiger partial charge in [0.2, 0.25) is 0 Å². The third-order valence-electron chi connectivity index (χ3n) is 6.38. The Balaban J connectivity index is 1.27. The zero-order valence-electron chi connectivity index (χ0n) is 18.4. The number of H-pyrrole nitrogens is 1. The highest BCUT2D eigenvalue weighted by atomic mass is 32.1. The maximum Gasteiger partial charge on any atom is 0.265 e. The molecule has 1 aliphatic rings. The quantitative estimate of drug-likeness (QED) is 0.438.